The minimum absolute atomic E-state index is 0.180. The van der Waals surface area contributed by atoms with Crippen molar-refractivity contribution in [2.24, 2.45) is 5.92 Å². The molecule has 8 nitrogen and oxygen atoms in total. The van der Waals surface area contributed by atoms with Crippen molar-refractivity contribution in [1.82, 2.24) is 14.1 Å². The normalized spacial score (nSPS) is 15.2. The van der Waals surface area contributed by atoms with Crippen LogP contribution in [0.25, 0.3) is 5.69 Å². The molecule has 1 saturated heterocycles. The number of piperidine rings is 1. The first-order chi connectivity index (χ1) is 19.0. The lowest BCUT2D eigenvalue weighted by atomic mass is 9.90. The minimum atomic E-state index is -3.17. The van der Waals surface area contributed by atoms with E-state index in [0.717, 1.165) is 53.9 Å². The average Bonchev–Trinajstić information content (AvgIpc) is 3.33. The molecule has 2 heterocycles. The first-order valence-corrected chi connectivity index (χ1v) is 15.9. The van der Waals surface area contributed by atoms with Gasteiger partial charge in [-0.3, -0.25) is 5.32 Å². The van der Waals surface area contributed by atoms with E-state index in [2.05, 4.69) is 31.4 Å². The third kappa shape index (κ3) is 7.52. The highest BCUT2D eigenvalue weighted by Gasteiger charge is 2.28. The van der Waals surface area contributed by atoms with Crippen LogP contribution in [-0.4, -0.2) is 47.4 Å². The Kier molecular flexibility index (Phi) is 9.36. The standard InChI is InChI=1S/C31H43N5O3S/c1-6-7-20-40(38,39)35-18-16-24(17-19-35)21-25-10-8-9-11-27(25)32-30(37)33-29-22-28(31(3,4)5)34-36(29)26-14-12-23(2)13-15-26/h8-15,22,24H,6-7,16-21H2,1-5H3,(H2,32,33,37). The third-order valence-electron chi connectivity index (χ3n) is 7.49. The first-order valence-electron chi connectivity index (χ1n) is 14.3. The Bertz CT molecular complexity index is 1400. The van der Waals surface area contributed by atoms with Crippen molar-refractivity contribution >= 4 is 27.6 Å². The number of carbonyl (C=O) groups is 1. The van der Waals surface area contributed by atoms with Crippen molar-refractivity contribution < 1.29 is 13.2 Å². The highest BCUT2D eigenvalue weighted by atomic mass is 32.2. The molecule has 1 aromatic heterocycles. The van der Waals surface area contributed by atoms with Gasteiger partial charge >= 0.3 is 6.03 Å². The molecule has 216 valence electrons. The van der Waals surface area contributed by atoms with Gasteiger partial charge in [0.15, 0.2) is 0 Å². The number of nitrogens with zero attached hydrogens (tertiary/aromatic N) is 3. The van der Waals surface area contributed by atoms with Crippen LogP contribution >= 0.6 is 0 Å². The van der Waals surface area contributed by atoms with Gasteiger partial charge in [0, 0.05) is 30.3 Å². The number of unbranched alkanes of at least 4 members (excludes halogenated alkanes) is 1. The number of rotatable bonds is 9. The van der Waals surface area contributed by atoms with Crippen molar-refractivity contribution in [1.29, 1.82) is 0 Å². The Morgan fingerprint density at radius 1 is 1.02 bits per heavy atom. The van der Waals surface area contributed by atoms with Gasteiger partial charge in [-0.25, -0.2) is 22.2 Å². The molecule has 0 atom stereocenters. The molecule has 1 aliphatic rings. The smallest absolute Gasteiger partial charge is 0.307 e. The van der Waals surface area contributed by atoms with Crippen LogP contribution < -0.4 is 10.6 Å². The van der Waals surface area contributed by atoms with E-state index < -0.39 is 10.0 Å². The molecule has 3 aromatic rings. The molecule has 0 saturated carbocycles. The number of urea groups is 1. The summed E-state index contributed by atoms with van der Waals surface area (Å²) in [5.41, 5.74) is 4.54. The van der Waals surface area contributed by atoms with Crippen LogP contribution in [0.1, 0.15) is 70.2 Å². The Labute approximate surface area is 239 Å². The quantitative estimate of drug-likeness (QED) is 0.309. The number of benzene rings is 2. The summed E-state index contributed by atoms with van der Waals surface area (Å²) in [6, 6.07) is 17.5. The number of aromatic nitrogens is 2. The molecule has 0 radical (unpaired) electrons. The number of hydrogen-bond acceptors (Lipinski definition) is 4. The molecule has 0 spiro atoms. The Morgan fingerprint density at radius 2 is 1.70 bits per heavy atom. The largest absolute Gasteiger partial charge is 0.324 e. The monoisotopic (exact) mass is 565 g/mol. The minimum Gasteiger partial charge on any atom is -0.307 e. The SMILES string of the molecule is CCCCS(=O)(=O)N1CCC(Cc2ccccc2NC(=O)Nc2cc(C(C)(C)C)nn2-c2ccc(C)cc2)CC1. The molecule has 2 amide bonds. The van der Waals surface area contributed by atoms with Crippen LogP contribution in [0.4, 0.5) is 16.3 Å². The molecular formula is C31H43N5O3S. The van der Waals surface area contributed by atoms with Crippen molar-refractivity contribution in [3.05, 3.63) is 71.4 Å². The molecule has 1 fully saturated rings. The van der Waals surface area contributed by atoms with Crippen molar-refractivity contribution in [3.8, 4) is 5.69 Å². The van der Waals surface area contributed by atoms with Crippen LogP contribution in [0.2, 0.25) is 0 Å². The molecule has 0 aliphatic carbocycles. The second-order valence-electron chi connectivity index (χ2n) is 11.9. The fourth-order valence-corrected chi connectivity index (χ4v) is 6.65. The van der Waals surface area contributed by atoms with E-state index in [4.69, 9.17) is 5.10 Å². The Hall–Kier alpha value is -3.17. The van der Waals surface area contributed by atoms with Gasteiger partial charge in [0.05, 0.1) is 17.1 Å². The average molecular weight is 566 g/mol. The van der Waals surface area contributed by atoms with Gasteiger partial charge in [-0.05, 0) is 62.3 Å². The van der Waals surface area contributed by atoms with E-state index >= 15 is 0 Å². The zero-order valence-electron chi connectivity index (χ0n) is 24.4. The number of carbonyl (C=O) groups excluding carboxylic acids is 1. The maximum Gasteiger partial charge on any atom is 0.324 e. The van der Waals surface area contributed by atoms with Gasteiger partial charge in [0.2, 0.25) is 10.0 Å². The zero-order valence-corrected chi connectivity index (χ0v) is 25.2. The summed E-state index contributed by atoms with van der Waals surface area (Å²) in [5.74, 6) is 1.19. The number of nitrogens with one attached hydrogen (secondary N) is 2. The summed E-state index contributed by atoms with van der Waals surface area (Å²) in [6.07, 6.45) is 4.00. The van der Waals surface area contributed by atoms with Crippen LogP contribution in [0.5, 0.6) is 0 Å². The van der Waals surface area contributed by atoms with Gasteiger partial charge in [-0.1, -0.05) is 70.0 Å². The fourth-order valence-electron chi connectivity index (χ4n) is 4.97. The summed E-state index contributed by atoms with van der Waals surface area (Å²) >= 11 is 0. The Morgan fingerprint density at radius 3 is 2.35 bits per heavy atom. The lowest BCUT2D eigenvalue weighted by Crippen LogP contribution is -2.40. The molecule has 40 heavy (non-hydrogen) atoms. The fraction of sp³-hybridized carbons (Fsp3) is 0.484. The number of hydrogen-bond donors (Lipinski definition) is 2. The summed E-state index contributed by atoms with van der Waals surface area (Å²) < 4.78 is 28.6. The summed E-state index contributed by atoms with van der Waals surface area (Å²) in [6.45, 7) is 11.5. The number of amides is 2. The van der Waals surface area contributed by atoms with Crippen LogP contribution in [-0.2, 0) is 21.9 Å². The van der Waals surface area contributed by atoms with Crippen molar-refractivity contribution in [3.63, 3.8) is 0 Å². The van der Waals surface area contributed by atoms with E-state index in [-0.39, 0.29) is 17.2 Å². The molecule has 0 unspecified atom stereocenters. The molecular weight excluding hydrogens is 522 g/mol. The predicted molar refractivity (Wildman–Crippen MR) is 163 cm³/mol. The summed E-state index contributed by atoms with van der Waals surface area (Å²) in [4.78, 5) is 13.2. The summed E-state index contributed by atoms with van der Waals surface area (Å²) in [7, 11) is -3.17. The van der Waals surface area contributed by atoms with Gasteiger partial charge in [0.25, 0.3) is 0 Å². The highest BCUT2D eigenvalue weighted by Crippen LogP contribution is 2.29. The van der Waals surface area contributed by atoms with E-state index in [9.17, 15) is 13.2 Å². The van der Waals surface area contributed by atoms with Gasteiger partial charge in [0.1, 0.15) is 5.82 Å². The lowest BCUT2D eigenvalue weighted by molar-refractivity contribution is 0.261. The molecule has 0 bridgehead atoms. The lowest BCUT2D eigenvalue weighted by Gasteiger charge is -2.31. The second kappa shape index (κ2) is 12.6. The van der Waals surface area contributed by atoms with Crippen molar-refractivity contribution in [2.45, 2.75) is 72.1 Å². The number of para-hydroxylation sites is 1. The van der Waals surface area contributed by atoms with Crippen molar-refractivity contribution in [2.75, 3.05) is 29.5 Å². The number of aryl methyl sites for hydroxylation is 1. The third-order valence-corrected chi connectivity index (χ3v) is 9.45. The Balaban J connectivity index is 1.44. The van der Waals surface area contributed by atoms with E-state index in [0.29, 0.717) is 31.2 Å². The highest BCUT2D eigenvalue weighted by molar-refractivity contribution is 7.89. The van der Waals surface area contributed by atoms with Gasteiger partial charge < -0.3 is 5.32 Å². The summed E-state index contributed by atoms with van der Waals surface area (Å²) in [5, 5.41) is 10.9. The number of anilines is 2. The van der Waals surface area contributed by atoms with Gasteiger partial charge in [-0.2, -0.15) is 5.10 Å². The van der Waals surface area contributed by atoms with E-state index in [1.165, 1.54) is 0 Å². The molecule has 4 rings (SSSR count). The maximum absolute atomic E-state index is 13.2. The predicted octanol–water partition coefficient (Wildman–Crippen LogP) is 6.51. The van der Waals surface area contributed by atoms with E-state index in [1.54, 1.807) is 8.99 Å². The topological polar surface area (TPSA) is 96.3 Å². The second-order valence-corrected chi connectivity index (χ2v) is 14.0. The molecule has 1 aliphatic heterocycles. The first kappa shape index (κ1) is 29.8. The van der Waals surface area contributed by atoms with Crippen LogP contribution in [0.15, 0.2) is 54.6 Å². The molecule has 2 aromatic carbocycles. The number of sulfonamides is 1. The van der Waals surface area contributed by atoms with Crippen LogP contribution in [0.3, 0.4) is 0 Å². The van der Waals surface area contributed by atoms with Crippen LogP contribution in [0, 0.1) is 12.8 Å². The maximum atomic E-state index is 13.2. The van der Waals surface area contributed by atoms with E-state index in [1.807, 2.05) is 68.4 Å². The van der Waals surface area contributed by atoms with Gasteiger partial charge in [-0.15, -0.1) is 0 Å². The molecule has 2 N–H and O–H groups in total. The molecule has 9 heteroatoms. The zero-order chi connectivity index (χ0) is 28.9.